The molecule has 144 valence electrons. The Balaban J connectivity index is 1.82. The molecule has 1 aromatic rings. The van der Waals surface area contributed by atoms with Gasteiger partial charge >= 0.3 is 0 Å². The average Bonchev–Trinajstić information content (AvgIpc) is 2.86. The molecule has 1 saturated heterocycles. The molecular weight excluding hydrogens is 375 g/mol. The van der Waals surface area contributed by atoms with Crippen LogP contribution in [0.25, 0.3) is 0 Å². The molecule has 0 spiro atoms. The molecule has 3 N–H and O–H groups in total. The van der Waals surface area contributed by atoms with Crippen LogP contribution in [0.3, 0.4) is 0 Å². The molecule has 2 atom stereocenters. The molecule has 11 heteroatoms. The Morgan fingerprint density at radius 3 is 2.42 bits per heavy atom. The van der Waals surface area contributed by atoms with Gasteiger partial charge in [0.2, 0.25) is 0 Å². The standard InChI is InChI=1S/C15H18F3N3O4S/c1-21(6-12(22)19-9-4-5-26(24,25)8-9)7-13(23)20-11-3-2-10(16)14(17)15(11)18/h2-3,9H,4-8H2,1H3,(H,19,22)(H,20,23)/p+1/t9-/m1/s1. The van der Waals surface area contributed by atoms with Crippen molar-refractivity contribution < 1.29 is 36.1 Å². The van der Waals surface area contributed by atoms with E-state index in [-0.39, 0.29) is 24.6 Å². The van der Waals surface area contributed by atoms with Gasteiger partial charge in [0.15, 0.2) is 40.4 Å². The van der Waals surface area contributed by atoms with Crippen molar-refractivity contribution in [2.75, 3.05) is 37.0 Å². The Labute approximate surface area is 148 Å². The minimum Gasteiger partial charge on any atom is -0.347 e. The fourth-order valence-corrected chi connectivity index (χ4v) is 4.29. The van der Waals surface area contributed by atoms with Crippen molar-refractivity contribution in [1.82, 2.24) is 5.32 Å². The van der Waals surface area contributed by atoms with E-state index < -0.39 is 50.8 Å². The van der Waals surface area contributed by atoms with Gasteiger partial charge < -0.3 is 15.5 Å². The van der Waals surface area contributed by atoms with Crippen molar-refractivity contribution in [3.05, 3.63) is 29.6 Å². The molecule has 0 bridgehead atoms. The van der Waals surface area contributed by atoms with Gasteiger partial charge in [-0.3, -0.25) is 9.59 Å². The first-order valence-electron chi connectivity index (χ1n) is 7.82. The number of anilines is 1. The third kappa shape index (κ3) is 5.43. The number of likely N-dealkylation sites (N-methyl/N-ethyl adjacent to an activating group) is 1. The number of rotatable bonds is 6. The maximum Gasteiger partial charge on any atom is 0.279 e. The van der Waals surface area contributed by atoms with Gasteiger partial charge in [-0.1, -0.05) is 0 Å². The second-order valence-electron chi connectivity index (χ2n) is 6.25. The Bertz CT molecular complexity index is 817. The summed E-state index contributed by atoms with van der Waals surface area (Å²) in [6.07, 6.45) is 0.350. The summed E-state index contributed by atoms with van der Waals surface area (Å²) >= 11 is 0. The van der Waals surface area contributed by atoms with Gasteiger partial charge in [0.25, 0.3) is 11.8 Å². The predicted octanol–water partition coefficient (Wildman–Crippen LogP) is -1.14. The minimum atomic E-state index is -3.11. The summed E-state index contributed by atoms with van der Waals surface area (Å²) in [4.78, 5) is 24.2. The number of hydrogen-bond donors (Lipinski definition) is 3. The zero-order valence-electron chi connectivity index (χ0n) is 13.9. The van der Waals surface area contributed by atoms with Crippen molar-refractivity contribution >= 4 is 27.3 Å². The summed E-state index contributed by atoms with van der Waals surface area (Å²) < 4.78 is 62.2. The van der Waals surface area contributed by atoms with E-state index in [0.717, 1.165) is 6.07 Å². The number of nitrogens with one attached hydrogen (secondary N) is 3. The van der Waals surface area contributed by atoms with Crippen molar-refractivity contribution in [3.8, 4) is 0 Å². The number of carbonyl (C=O) groups excluding carboxylic acids is 2. The largest absolute Gasteiger partial charge is 0.347 e. The van der Waals surface area contributed by atoms with E-state index in [0.29, 0.717) is 17.4 Å². The first-order chi connectivity index (χ1) is 12.1. The molecule has 1 aromatic carbocycles. The minimum absolute atomic E-state index is 0.0306. The van der Waals surface area contributed by atoms with Gasteiger partial charge in [0.05, 0.1) is 24.2 Å². The number of benzene rings is 1. The SMILES string of the molecule is C[NH+](CC(=O)Nc1ccc(F)c(F)c1F)CC(=O)N[C@@H]1CCS(=O)(=O)C1. The van der Waals surface area contributed by atoms with Crippen molar-refractivity contribution in [2.24, 2.45) is 0 Å². The first kappa shape index (κ1) is 20.2. The molecular formula is C15H19F3N3O4S+. The second-order valence-corrected chi connectivity index (χ2v) is 8.48. The Morgan fingerprint density at radius 1 is 1.15 bits per heavy atom. The second kappa shape index (κ2) is 8.04. The maximum absolute atomic E-state index is 13.5. The molecule has 1 heterocycles. The molecule has 2 rings (SSSR count). The summed E-state index contributed by atoms with van der Waals surface area (Å²) in [5.41, 5.74) is -0.498. The summed E-state index contributed by atoms with van der Waals surface area (Å²) in [5.74, 6) is -5.74. The van der Waals surface area contributed by atoms with Gasteiger partial charge in [0.1, 0.15) is 0 Å². The van der Waals surface area contributed by atoms with E-state index in [1.54, 1.807) is 0 Å². The Morgan fingerprint density at radius 2 is 1.81 bits per heavy atom. The molecule has 2 amide bonds. The lowest BCUT2D eigenvalue weighted by atomic mass is 10.2. The third-order valence-corrected chi connectivity index (χ3v) is 5.60. The summed E-state index contributed by atoms with van der Waals surface area (Å²) in [5, 5.41) is 4.70. The normalized spacial score (nSPS) is 19.8. The van der Waals surface area contributed by atoms with Crippen LogP contribution in [-0.2, 0) is 19.4 Å². The van der Waals surface area contributed by atoms with Crippen LogP contribution in [0.2, 0.25) is 0 Å². The molecule has 0 aliphatic carbocycles. The van der Waals surface area contributed by atoms with Gasteiger partial charge in [0, 0.05) is 6.04 Å². The predicted molar refractivity (Wildman–Crippen MR) is 86.8 cm³/mol. The highest BCUT2D eigenvalue weighted by Crippen LogP contribution is 2.19. The van der Waals surface area contributed by atoms with Gasteiger partial charge in [-0.15, -0.1) is 0 Å². The lowest BCUT2D eigenvalue weighted by molar-refractivity contribution is -0.862. The van der Waals surface area contributed by atoms with E-state index in [2.05, 4.69) is 10.6 Å². The van der Waals surface area contributed by atoms with Crippen LogP contribution in [0.1, 0.15) is 6.42 Å². The summed E-state index contributed by atoms with van der Waals surface area (Å²) in [7, 11) is -1.58. The zero-order valence-corrected chi connectivity index (χ0v) is 14.8. The van der Waals surface area contributed by atoms with Crippen LogP contribution in [0.4, 0.5) is 18.9 Å². The van der Waals surface area contributed by atoms with Crippen molar-refractivity contribution in [3.63, 3.8) is 0 Å². The van der Waals surface area contributed by atoms with Crippen LogP contribution in [0.5, 0.6) is 0 Å². The fourth-order valence-electron chi connectivity index (χ4n) is 2.62. The van der Waals surface area contributed by atoms with Gasteiger partial charge in [-0.25, -0.2) is 21.6 Å². The topological polar surface area (TPSA) is 96.8 Å². The molecule has 0 radical (unpaired) electrons. The Kier molecular flexibility index (Phi) is 6.24. The molecule has 1 unspecified atom stereocenters. The molecule has 7 nitrogen and oxygen atoms in total. The lowest BCUT2D eigenvalue weighted by Gasteiger charge is -2.16. The Hall–Kier alpha value is -2.14. The lowest BCUT2D eigenvalue weighted by Crippen LogP contribution is -3.11. The van der Waals surface area contributed by atoms with Gasteiger partial charge in [-0.05, 0) is 18.6 Å². The molecule has 1 aliphatic heterocycles. The first-order valence-corrected chi connectivity index (χ1v) is 9.64. The van der Waals surface area contributed by atoms with Crippen LogP contribution in [-0.4, -0.2) is 57.9 Å². The average molecular weight is 394 g/mol. The number of halogens is 3. The molecule has 1 aliphatic rings. The molecule has 0 aromatic heterocycles. The van der Waals surface area contributed by atoms with E-state index in [4.69, 9.17) is 0 Å². The van der Waals surface area contributed by atoms with E-state index in [1.165, 1.54) is 7.05 Å². The number of carbonyl (C=O) groups is 2. The number of amides is 2. The quantitative estimate of drug-likeness (QED) is 0.532. The highest BCUT2D eigenvalue weighted by Gasteiger charge is 2.29. The van der Waals surface area contributed by atoms with Crippen molar-refractivity contribution in [2.45, 2.75) is 12.5 Å². The molecule has 26 heavy (non-hydrogen) atoms. The van der Waals surface area contributed by atoms with E-state index >= 15 is 0 Å². The van der Waals surface area contributed by atoms with Crippen LogP contribution < -0.4 is 15.5 Å². The van der Waals surface area contributed by atoms with E-state index in [1.807, 2.05) is 0 Å². The van der Waals surface area contributed by atoms with Crippen LogP contribution >= 0.6 is 0 Å². The molecule has 0 saturated carbocycles. The number of quaternary nitrogens is 1. The smallest absolute Gasteiger partial charge is 0.279 e. The van der Waals surface area contributed by atoms with Gasteiger partial charge in [-0.2, -0.15) is 0 Å². The summed E-state index contributed by atoms with van der Waals surface area (Å²) in [6, 6.07) is 1.15. The highest BCUT2D eigenvalue weighted by molar-refractivity contribution is 7.91. The zero-order chi connectivity index (χ0) is 19.5. The monoisotopic (exact) mass is 394 g/mol. The third-order valence-electron chi connectivity index (χ3n) is 3.83. The number of sulfone groups is 1. The van der Waals surface area contributed by atoms with Crippen molar-refractivity contribution in [1.29, 1.82) is 0 Å². The fraction of sp³-hybridized carbons (Fsp3) is 0.467. The maximum atomic E-state index is 13.5. The van der Waals surface area contributed by atoms with E-state index in [9.17, 15) is 31.2 Å². The highest BCUT2D eigenvalue weighted by atomic mass is 32.2. The summed E-state index contributed by atoms with van der Waals surface area (Å²) in [6.45, 7) is -0.334. The molecule has 1 fully saturated rings. The van der Waals surface area contributed by atoms with Crippen LogP contribution in [0, 0.1) is 17.5 Å². The number of hydrogen-bond acceptors (Lipinski definition) is 4. The van der Waals surface area contributed by atoms with Crippen LogP contribution in [0.15, 0.2) is 12.1 Å².